The number of halogens is 6. The zero-order chi connectivity index (χ0) is 11.6. The second-order valence-electron chi connectivity index (χ2n) is 3.09. The molecule has 92 valence electrons. The highest BCUT2D eigenvalue weighted by Crippen LogP contribution is 2.26. The van der Waals surface area contributed by atoms with E-state index in [1.54, 1.807) is 0 Å². The number of nitrogens with two attached hydrogens (primary N) is 1. The number of hydrogen-bond acceptors (Lipinski definition) is 1. The van der Waals surface area contributed by atoms with Crippen LogP contribution in [0.5, 0.6) is 0 Å². The molecule has 1 aromatic rings. The van der Waals surface area contributed by atoms with Crippen LogP contribution < -0.4 is 5.73 Å². The molecule has 0 saturated carbocycles. The van der Waals surface area contributed by atoms with E-state index in [0.29, 0.717) is 10.6 Å². The average Bonchev–Trinajstić information content (AvgIpc) is 2.09. The van der Waals surface area contributed by atoms with Gasteiger partial charge in [0.1, 0.15) is 6.04 Å². The molecule has 0 aliphatic carbocycles. The lowest BCUT2D eigenvalue weighted by molar-refractivity contribution is -0.147. The van der Waals surface area contributed by atoms with E-state index in [0.717, 1.165) is 0 Å². The molecule has 1 rings (SSSR count). The lowest BCUT2D eigenvalue weighted by Gasteiger charge is -2.16. The Hall–Kier alpha value is -0.160. The number of alkyl halides is 3. The quantitative estimate of drug-likeness (QED) is 0.881. The van der Waals surface area contributed by atoms with Crippen molar-refractivity contribution in [2.75, 3.05) is 0 Å². The van der Waals surface area contributed by atoms with Gasteiger partial charge in [-0.3, -0.25) is 0 Å². The summed E-state index contributed by atoms with van der Waals surface area (Å²) in [6.07, 6.45) is -4.80. The fraction of sp³-hybridized carbons (Fsp3) is 0.333. The van der Waals surface area contributed by atoms with Crippen molar-refractivity contribution in [3.8, 4) is 0 Å². The Kier molecular flexibility index (Phi) is 5.90. The second-order valence-corrected chi connectivity index (χ2v) is 3.93. The van der Waals surface area contributed by atoms with Crippen LogP contribution >= 0.6 is 35.6 Å². The van der Waals surface area contributed by atoms with E-state index < -0.39 is 12.2 Å². The van der Waals surface area contributed by atoms with E-state index in [4.69, 9.17) is 28.9 Å². The van der Waals surface area contributed by atoms with Gasteiger partial charge in [0.05, 0.1) is 0 Å². The van der Waals surface area contributed by atoms with Crippen molar-refractivity contribution < 1.29 is 13.2 Å². The molecule has 1 unspecified atom stereocenters. The van der Waals surface area contributed by atoms with E-state index in [2.05, 4.69) is 0 Å². The molecule has 7 heteroatoms. The number of benzene rings is 1. The zero-order valence-electron chi connectivity index (χ0n) is 7.89. The Balaban J connectivity index is 0.00000225. The molecule has 16 heavy (non-hydrogen) atoms. The predicted molar refractivity (Wildman–Crippen MR) is 61.4 cm³/mol. The molecule has 1 nitrogen and oxygen atoms in total. The van der Waals surface area contributed by atoms with E-state index in [1.165, 1.54) is 18.2 Å². The summed E-state index contributed by atoms with van der Waals surface area (Å²) in [5, 5.41) is 0.572. The molecule has 0 radical (unpaired) electrons. The molecule has 0 bridgehead atoms. The van der Waals surface area contributed by atoms with Gasteiger partial charge >= 0.3 is 6.18 Å². The molecular formula is C9H9Cl3F3N. The van der Waals surface area contributed by atoms with Crippen molar-refractivity contribution in [2.45, 2.75) is 18.6 Å². The minimum Gasteiger partial charge on any atom is -0.320 e. The maximum absolute atomic E-state index is 12.2. The Bertz CT molecular complexity index is 354. The monoisotopic (exact) mass is 293 g/mol. The van der Waals surface area contributed by atoms with Crippen molar-refractivity contribution >= 4 is 35.6 Å². The maximum Gasteiger partial charge on any atom is 0.403 e. The van der Waals surface area contributed by atoms with E-state index >= 15 is 0 Å². The Morgan fingerprint density at radius 3 is 2.31 bits per heavy atom. The first-order valence-corrected chi connectivity index (χ1v) is 4.82. The van der Waals surface area contributed by atoms with Gasteiger partial charge in [-0.05, 0) is 30.2 Å². The van der Waals surface area contributed by atoms with Crippen LogP contribution in [0.3, 0.4) is 0 Å². The average molecular weight is 295 g/mol. The summed E-state index contributed by atoms with van der Waals surface area (Å²) in [6, 6.07) is 2.41. The van der Waals surface area contributed by atoms with E-state index in [9.17, 15) is 13.2 Å². The van der Waals surface area contributed by atoms with Crippen LogP contribution in [0.1, 0.15) is 5.56 Å². The van der Waals surface area contributed by atoms with Gasteiger partial charge in [-0.1, -0.05) is 23.2 Å². The van der Waals surface area contributed by atoms with Crippen LogP contribution in [0.15, 0.2) is 18.2 Å². The maximum atomic E-state index is 12.2. The molecular weight excluding hydrogens is 285 g/mol. The van der Waals surface area contributed by atoms with Gasteiger partial charge in [0.2, 0.25) is 0 Å². The fourth-order valence-corrected chi connectivity index (χ4v) is 1.44. The summed E-state index contributed by atoms with van der Waals surface area (Å²) in [6.45, 7) is 0. The first-order valence-electron chi connectivity index (χ1n) is 4.07. The van der Waals surface area contributed by atoms with Crippen molar-refractivity contribution in [3.63, 3.8) is 0 Å². The summed E-state index contributed by atoms with van der Waals surface area (Å²) in [5.41, 5.74) is 5.27. The highest BCUT2D eigenvalue weighted by atomic mass is 35.5. The Morgan fingerprint density at radius 2 is 1.81 bits per heavy atom. The normalized spacial score (nSPS) is 13.1. The van der Waals surface area contributed by atoms with Crippen LogP contribution in [0.25, 0.3) is 0 Å². The minimum atomic E-state index is -4.42. The van der Waals surface area contributed by atoms with Crippen LogP contribution in [-0.2, 0) is 6.42 Å². The predicted octanol–water partition coefficient (Wildman–Crippen LogP) is 3.85. The third kappa shape index (κ3) is 4.37. The van der Waals surface area contributed by atoms with Crippen molar-refractivity contribution in [2.24, 2.45) is 5.73 Å². The number of rotatable bonds is 2. The van der Waals surface area contributed by atoms with Crippen LogP contribution in [0.4, 0.5) is 13.2 Å². The molecule has 0 aliphatic rings. The molecule has 0 aliphatic heterocycles. The van der Waals surface area contributed by atoms with Gasteiger partial charge < -0.3 is 5.73 Å². The topological polar surface area (TPSA) is 26.0 Å². The molecule has 0 saturated heterocycles. The van der Waals surface area contributed by atoms with Gasteiger partial charge in [0, 0.05) is 10.0 Å². The summed E-state index contributed by atoms with van der Waals surface area (Å²) >= 11 is 11.3. The largest absolute Gasteiger partial charge is 0.403 e. The summed E-state index contributed by atoms with van der Waals surface area (Å²) < 4.78 is 36.5. The summed E-state index contributed by atoms with van der Waals surface area (Å²) in [7, 11) is 0. The highest BCUT2D eigenvalue weighted by molar-refractivity contribution is 6.33. The van der Waals surface area contributed by atoms with Gasteiger partial charge in [0.15, 0.2) is 0 Å². The third-order valence-electron chi connectivity index (χ3n) is 1.87. The lowest BCUT2D eigenvalue weighted by atomic mass is 10.1. The van der Waals surface area contributed by atoms with Gasteiger partial charge in [-0.25, -0.2) is 0 Å². The van der Waals surface area contributed by atoms with Crippen molar-refractivity contribution in [1.29, 1.82) is 0 Å². The summed E-state index contributed by atoms with van der Waals surface area (Å²) in [5.74, 6) is 0. The Morgan fingerprint density at radius 1 is 1.25 bits per heavy atom. The molecule has 1 aromatic carbocycles. The minimum absolute atomic E-state index is 0. The van der Waals surface area contributed by atoms with Gasteiger partial charge in [-0.15, -0.1) is 12.4 Å². The summed E-state index contributed by atoms with van der Waals surface area (Å²) in [4.78, 5) is 0. The first kappa shape index (κ1) is 15.8. The van der Waals surface area contributed by atoms with Crippen molar-refractivity contribution in [1.82, 2.24) is 0 Å². The van der Waals surface area contributed by atoms with Gasteiger partial charge in [-0.2, -0.15) is 13.2 Å². The highest BCUT2D eigenvalue weighted by Gasteiger charge is 2.36. The number of hydrogen-bond donors (Lipinski definition) is 1. The molecule has 0 amide bonds. The lowest BCUT2D eigenvalue weighted by Crippen LogP contribution is -2.39. The van der Waals surface area contributed by atoms with Gasteiger partial charge in [0.25, 0.3) is 0 Å². The fourth-order valence-electron chi connectivity index (χ4n) is 1.05. The molecule has 0 fully saturated rings. The smallest absolute Gasteiger partial charge is 0.320 e. The molecule has 0 heterocycles. The van der Waals surface area contributed by atoms with Crippen LogP contribution in [0.2, 0.25) is 10.0 Å². The van der Waals surface area contributed by atoms with Crippen LogP contribution in [-0.4, -0.2) is 12.2 Å². The van der Waals surface area contributed by atoms with Crippen molar-refractivity contribution in [3.05, 3.63) is 33.8 Å². The van der Waals surface area contributed by atoms with E-state index in [1.807, 2.05) is 0 Å². The van der Waals surface area contributed by atoms with E-state index in [-0.39, 0.29) is 23.9 Å². The Labute approximate surface area is 107 Å². The standard InChI is InChI=1S/C9H8Cl2F3N.ClH/c10-6-1-2-7(11)5(3-6)4-8(15)9(12,13)14;/h1-3,8H,4,15H2;1H. The molecule has 0 aromatic heterocycles. The molecule has 0 spiro atoms. The third-order valence-corrected chi connectivity index (χ3v) is 2.47. The molecule has 2 N–H and O–H groups in total. The first-order chi connectivity index (χ1) is 6.80. The SMILES string of the molecule is Cl.NC(Cc1cc(Cl)ccc1Cl)C(F)(F)F. The zero-order valence-corrected chi connectivity index (χ0v) is 10.2. The second kappa shape index (κ2) is 5.96. The van der Waals surface area contributed by atoms with Crippen LogP contribution in [0, 0.1) is 0 Å². The molecule has 1 atom stereocenters.